The van der Waals surface area contributed by atoms with E-state index in [1.807, 2.05) is 6.08 Å². The number of nitrogens with two attached hydrogens (primary N) is 1. The fourth-order valence-electron chi connectivity index (χ4n) is 6.82. The molecule has 3 unspecified atom stereocenters. The predicted octanol–water partition coefficient (Wildman–Crippen LogP) is 2.00. The summed E-state index contributed by atoms with van der Waals surface area (Å²) < 4.78 is 0. The van der Waals surface area contributed by atoms with Crippen LogP contribution >= 0.6 is 0 Å². The Hall–Kier alpha value is 1.61. The molecule has 0 heterocycles. The number of carbonyl (C=O) groups excluding carboxylic acids is 1. The van der Waals surface area contributed by atoms with Crippen molar-refractivity contribution in [3.8, 4) is 0 Å². The second-order valence-corrected chi connectivity index (χ2v) is 9.11. The smallest absolute Gasteiger partial charge is 0.529 e. The first-order valence-electron chi connectivity index (χ1n) is 9.63. The molecular formula is C20H33KN2O2W. The number of hydrogen-bond donors (Lipinski definition) is 1. The zero-order valence-electron chi connectivity index (χ0n) is 16.8. The van der Waals surface area contributed by atoms with E-state index in [1.165, 1.54) is 44.1 Å². The molecule has 4 aliphatic rings. The first-order valence-corrected chi connectivity index (χ1v) is 9.63. The van der Waals surface area contributed by atoms with Gasteiger partial charge in [0.05, 0.1) is 0 Å². The van der Waals surface area contributed by atoms with Crippen molar-refractivity contribution in [3.63, 3.8) is 0 Å². The molecule has 142 valence electrons. The minimum Gasteiger partial charge on any atom is -0.529 e. The van der Waals surface area contributed by atoms with Gasteiger partial charge in [-0.3, -0.25) is 4.79 Å². The van der Waals surface area contributed by atoms with Crippen LogP contribution in [0.25, 0.3) is 5.90 Å². The maximum atomic E-state index is 11.8. The molecule has 3 fully saturated rings. The van der Waals surface area contributed by atoms with Crippen molar-refractivity contribution >= 4 is 5.78 Å². The average Bonchev–Trinajstić information content (AvgIpc) is 2.84. The molecule has 4 aliphatic carbocycles. The maximum Gasteiger partial charge on any atom is 1.00 e. The van der Waals surface area contributed by atoms with Gasteiger partial charge in [0.2, 0.25) is 0 Å². The van der Waals surface area contributed by atoms with Gasteiger partial charge in [-0.1, -0.05) is 26.3 Å². The standard InChI is InChI=1S/C20H30O.K.H3N2O.W/c1-13-4-7-17-16-6-5-14-12-15(21)8-10-20(14,3)18(16)9-11-19(13,17)2;;1-3-2;/h12-13,16-18H,4-11H2,1-3H3;;1H,2H2;/q;+1;-1;/t13-,16?,17?,18?,19+,20-;;;/m0.../s1. The van der Waals surface area contributed by atoms with E-state index >= 15 is 0 Å². The minimum absolute atomic E-state index is 0. The van der Waals surface area contributed by atoms with E-state index in [2.05, 4.69) is 31.6 Å². The monoisotopic (exact) mass is 556 g/mol. The molecule has 6 atom stereocenters. The van der Waals surface area contributed by atoms with E-state index in [4.69, 9.17) is 5.90 Å². The molecule has 4 rings (SSSR count). The SMILES string of the molecule is C[C@H]1CCC2C3CCC4=CC(=O)CC[C@]4(C)C3CC[C@@]21C.[K+].[NH-]ON.[W]. The Morgan fingerprint density at radius 2 is 1.77 bits per heavy atom. The van der Waals surface area contributed by atoms with Gasteiger partial charge in [0.25, 0.3) is 0 Å². The van der Waals surface area contributed by atoms with Gasteiger partial charge in [0.1, 0.15) is 0 Å². The van der Waals surface area contributed by atoms with Gasteiger partial charge in [0.15, 0.2) is 5.78 Å². The molecule has 0 aromatic rings. The van der Waals surface area contributed by atoms with Gasteiger partial charge >= 0.3 is 51.4 Å². The molecule has 0 saturated heterocycles. The van der Waals surface area contributed by atoms with Gasteiger partial charge in [-0.2, -0.15) is 0 Å². The van der Waals surface area contributed by atoms with Crippen molar-refractivity contribution in [2.45, 2.75) is 72.1 Å². The van der Waals surface area contributed by atoms with Crippen LogP contribution in [0.1, 0.15) is 72.1 Å². The summed E-state index contributed by atoms with van der Waals surface area (Å²) in [6.45, 7) is 7.57. The number of ketones is 1. The molecule has 0 amide bonds. The zero-order chi connectivity index (χ0) is 17.5. The quantitative estimate of drug-likeness (QED) is 0.367. The van der Waals surface area contributed by atoms with Crippen molar-refractivity contribution in [2.75, 3.05) is 0 Å². The summed E-state index contributed by atoms with van der Waals surface area (Å²) in [5.74, 6) is 13.6. The minimum atomic E-state index is 0. The summed E-state index contributed by atoms with van der Waals surface area (Å²) in [5, 5.41) is 0. The summed E-state index contributed by atoms with van der Waals surface area (Å²) in [5.41, 5.74) is 2.47. The van der Waals surface area contributed by atoms with Crippen LogP contribution in [0.5, 0.6) is 0 Å². The Bertz CT molecular complexity index is 544. The van der Waals surface area contributed by atoms with Crippen LogP contribution in [-0.4, -0.2) is 5.78 Å². The first kappa shape index (κ1) is 25.7. The van der Waals surface area contributed by atoms with E-state index in [0.717, 1.165) is 36.5 Å². The molecule has 3 N–H and O–H groups in total. The second kappa shape index (κ2) is 10.1. The summed E-state index contributed by atoms with van der Waals surface area (Å²) in [6, 6.07) is 0. The molecule has 6 heteroatoms. The van der Waals surface area contributed by atoms with Gasteiger partial charge in [-0.25, -0.2) is 5.90 Å². The predicted molar refractivity (Wildman–Crippen MR) is 95.5 cm³/mol. The topological polar surface area (TPSA) is 76.1 Å². The van der Waals surface area contributed by atoms with E-state index in [1.54, 1.807) is 0 Å². The summed E-state index contributed by atoms with van der Waals surface area (Å²) in [6.07, 6.45) is 12.2. The third-order valence-corrected chi connectivity index (χ3v) is 8.44. The molecule has 26 heavy (non-hydrogen) atoms. The Morgan fingerprint density at radius 3 is 2.42 bits per heavy atom. The van der Waals surface area contributed by atoms with E-state index in [-0.39, 0.29) is 72.4 Å². The Morgan fingerprint density at radius 1 is 1.12 bits per heavy atom. The summed E-state index contributed by atoms with van der Waals surface area (Å²) in [7, 11) is 0. The van der Waals surface area contributed by atoms with Crippen LogP contribution in [0.15, 0.2) is 11.6 Å². The number of carbonyl (C=O) groups is 1. The second-order valence-electron chi connectivity index (χ2n) is 9.11. The van der Waals surface area contributed by atoms with Crippen LogP contribution in [-0.2, 0) is 30.8 Å². The fraction of sp³-hybridized carbons (Fsp3) is 0.850. The van der Waals surface area contributed by atoms with Crippen molar-refractivity contribution < 1.29 is 82.2 Å². The van der Waals surface area contributed by atoms with Crippen LogP contribution < -0.4 is 57.3 Å². The Kier molecular flexibility index (Phi) is 9.95. The fourth-order valence-corrected chi connectivity index (χ4v) is 6.82. The van der Waals surface area contributed by atoms with Gasteiger partial charge in [0, 0.05) is 27.5 Å². The molecule has 0 aromatic carbocycles. The maximum absolute atomic E-state index is 11.8. The third-order valence-electron chi connectivity index (χ3n) is 8.44. The molecule has 4 nitrogen and oxygen atoms in total. The first-order chi connectivity index (χ1) is 11.4. The number of hydrogen-bond acceptors (Lipinski definition) is 3. The normalized spacial score (nSPS) is 43.3. The third kappa shape index (κ3) is 4.37. The van der Waals surface area contributed by atoms with E-state index < -0.39 is 0 Å². The molecule has 0 bridgehead atoms. The van der Waals surface area contributed by atoms with E-state index in [9.17, 15) is 4.79 Å². The number of rotatable bonds is 0. The summed E-state index contributed by atoms with van der Waals surface area (Å²) >= 11 is 0. The average molecular weight is 556 g/mol. The largest absolute Gasteiger partial charge is 1.00 e. The van der Waals surface area contributed by atoms with Crippen molar-refractivity contribution in [2.24, 2.45) is 40.4 Å². The number of allylic oxidation sites excluding steroid dienone is 1. The Labute approximate surface area is 215 Å². The van der Waals surface area contributed by atoms with Gasteiger partial charge < -0.3 is 10.8 Å². The van der Waals surface area contributed by atoms with Crippen LogP contribution in [0.4, 0.5) is 0 Å². The number of fused-ring (bicyclic) bond motifs is 5. The molecular weight excluding hydrogens is 523 g/mol. The van der Waals surface area contributed by atoms with Crippen molar-refractivity contribution in [1.29, 1.82) is 0 Å². The molecule has 0 aliphatic heterocycles. The molecule has 0 spiro atoms. The van der Waals surface area contributed by atoms with E-state index in [0.29, 0.717) is 16.6 Å². The molecule has 0 radical (unpaired) electrons. The van der Waals surface area contributed by atoms with Crippen LogP contribution in [0, 0.1) is 34.5 Å². The van der Waals surface area contributed by atoms with Gasteiger partial charge in [-0.05, 0) is 85.5 Å². The zero-order valence-corrected chi connectivity index (χ0v) is 22.9. The number of nitrogens with one attached hydrogen (secondary N) is 1. The molecule has 0 aromatic heterocycles. The van der Waals surface area contributed by atoms with Crippen LogP contribution in [0.3, 0.4) is 0 Å². The van der Waals surface area contributed by atoms with Crippen molar-refractivity contribution in [3.05, 3.63) is 17.5 Å². The Balaban J connectivity index is 0.000000635. The van der Waals surface area contributed by atoms with Crippen molar-refractivity contribution in [1.82, 2.24) is 0 Å². The van der Waals surface area contributed by atoms with Gasteiger partial charge in [-0.15, -0.1) is 0 Å². The molecule has 3 saturated carbocycles. The summed E-state index contributed by atoms with van der Waals surface area (Å²) in [4.78, 5) is 14.8. The van der Waals surface area contributed by atoms with Crippen LogP contribution in [0.2, 0.25) is 0 Å².